The fraction of sp³-hybridized carbons (Fsp3) is 0.500. The standard InChI is InChI=1S/C7H7BrN2O2.C5H10/c1-9-6-4-5(8)2-3-7(6)10(11)12;1-2-4-5-3-1/h2-4,9H,1H3;1-5H2. The third kappa shape index (κ3) is 4.73. The van der Waals surface area contributed by atoms with Crippen LogP contribution in [0.4, 0.5) is 11.4 Å². The van der Waals surface area contributed by atoms with Crippen molar-refractivity contribution in [2.45, 2.75) is 32.1 Å². The van der Waals surface area contributed by atoms with E-state index >= 15 is 0 Å². The fourth-order valence-corrected chi connectivity index (χ4v) is 2.11. The first kappa shape index (κ1) is 14.0. The topological polar surface area (TPSA) is 55.2 Å². The summed E-state index contributed by atoms with van der Waals surface area (Å²) in [7, 11) is 1.65. The smallest absolute Gasteiger partial charge is 0.292 e. The second-order valence-corrected chi connectivity index (χ2v) is 4.85. The van der Waals surface area contributed by atoms with Gasteiger partial charge in [-0.2, -0.15) is 0 Å². The molecule has 1 aliphatic rings. The van der Waals surface area contributed by atoms with Crippen LogP contribution in [0, 0.1) is 10.1 Å². The van der Waals surface area contributed by atoms with Crippen molar-refractivity contribution in [3.05, 3.63) is 32.8 Å². The number of benzene rings is 1. The van der Waals surface area contributed by atoms with Gasteiger partial charge in [-0.1, -0.05) is 48.0 Å². The van der Waals surface area contributed by atoms with E-state index in [1.807, 2.05) is 0 Å². The highest BCUT2D eigenvalue weighted by atomic mass is 79.9. The first-order valence-electron chi connectivity index (χ1n) is 5.77. The van der Waals surface area contributed by atoms with Gasteiger partial charge in [0.25, 0.3) is 5.69 Å². The second-order valence-electron chi connectivity index (χ2n) is 3.94. The molecule has 1 saturated carbocycles. The molecular weight excluding hydrogens is 284 g/mol. The van der Waals surface area contributed by atoms with Crippen molar-refractivity contribution in [3.8, 4) is 0 Å². The zero-order chi connectivity index (χ0) is 12.7. The predicted octanol–water partition coefficient (Wildman–Crippen LogP) is 4.35. The second kappa shape index (κ2) is 7.27. The molecule has 0 atom stereocenters. The number of nitro groups is 1. The Balaban J connectivity index is 0.000000239. The summed E-state index contributed by atoms with van der Waals surface area (Å²) in [6.45, 7) is 0. The van der Waals surface area contributed by atoms with Gasteiger partial charge in [-0.25, -0.2) is 0 Å². The molecule has 94 valence electrons. The zero-order valence-corrected chi connectivity index (χ0v) is 11.5. The van der Waals surface area contributed by atoms with Gasteiger partial charge in [-0.3, -0.25) is 10.1 Å². The molecule has 0 radical (unpaired) electrons. The Hall–Kier alpha value is -1.10. The molecule has 1 aliphatic carbocycles. The van der Waals surface area contributed by atoms with E-state index < -0.39 is 4.92 Å². The number of halogens is 1. The number of hydrogen-bond acceptors (Lipinski definition) is 3. The summed E-state index contributed by atoms with van der Waals surface area (Å²) in [4.78, 5) is 10.0. The van der Waals surface area contributed by atoms with Crippen LogP contribution in [-0.2, 0) is 0 Å². The van der Waals surface area contributed by atoms with E-state index in [9.17, 15) is 10.1 Å². The van der Waals surface area contributed by atoms with Crippen molar-refractivity contribution in [2.75, 3.05) is 12.4 Å². The van der Waals surface area contributed by atoms with Crippen molar-refractivity contribution in [1.82, 2.24) is 0 Å². The average Bonchev–Trinajstić information content (AvgIpc) is 2.87. The number of nitrogens with one attached hydrogen (secondary N) is 1. The third-order valence-electron chi connectivity index (χ3n) is 2.67. The van der Waals surface area contributed by atoms with E-state index in [0.717, 1.165) is 4.47 Å². The van der Waals surface area contributed by atoms with Gasteiger partial charge in [-0.15, -0.1) is 0 Å². The lowest BCUT2D eigenvalue weighted by Gasteiger charge is -2.01. The van der Waals surface area contributed by atoms with Gasteiger partial charge in [0, 0.05) is 17.6 Å². The van der Waals surface area contributed by atoms with Crippen molar-refractivity contribution >= 4 is 27.3 Å². The molecule has 1 aromatic carbocycles. The Kier molecular flexibility index (Phi) is 5.97. The van der Waals surface area contributed by atoms with Crippen LogP contribution in [0.25, 0.3) is 0 Å². The lowest BCUT2D eigenvalue weighted by atomic mass is 10.3. The average molecular weight is 301 g/mol. The number of hydrogen-bond donors (Lipinski definition) is 1. The molecule has 0 aliphatic heterocycles. The highest BCUT2D eigenvalue weighted by molar-refractivity contribution is 9.10. The lowest BCUT2D eigenvalue weighted by molar-refractivity contribution is -0.383. The Bertz CT molecular complexity index is 371. The van der Waals surface area contributed by atoms with Crippen molar-refractivity contribution in [3.63, 3.8) is 0 Å². The fourth-order valence-electron chi connectivity index (χ4n) is 1.75. The maximum absolute atomic E-state index is 10.4. The molecule has 0 heterocycles. The van der Waals surface area contributed by atoms with Gasteiger partial charge in [0.05, 0.1) is 4.92 Å². The first-order valence-corrected chi connectivity index (χ1v) is 6.56. The van der Waals surface area contributed by atoms with Crippen molar-refractivity contribution in [2.24, 2.45) is 0 Å². The van der Waals surface area contributed by atoms with E-state index in [1.54, 1.807) is 19.2 Å². The Morgan fingerprint density at radius 3 is 2.18 bits per heavy atom. The molecule has 2 rings (SSSR count). The van der Waals surface area contributed by atoms with Crippen LogP contribution in [0.2, 0.25) is 0 Å². The number of anilines is 1. The minimum atomic E-state index is -0.418. The maximum Gasteiger partial charge on any atom is 0.292 e. The van der Waals surface area contributed by atoms with Crippen LogP contribution in [0.3, 0.4) is 0 Å². The third-order valence-corrected chi connectivity index (χ3v) is 3.17. The minimum Gasteiger partial charge on any atom is -0.383 e. The van der Waals surface area contributed by atoms with Gasteiger partial charge in [0.2, 0.25) is 0 Å². The highest BCUT2D eigenvalue weighted by Crippen LogP contribution is 2.26. The molecule has 0 bridgehead atoms. The van der Waals surface area contributed by atoms with Crippen LogP contribution in [-0.4, -0.2) is 12.0 Å². The molecular formula is C12H17BrN2O2. The first-order chi connectivity index (χ1) is 8.15. The largest absolute Gasteiger partial charge is 0.383 e. The Morgan fingerprint density at radius 1 is 1.24 bits per heavy atom. The molecule has 0 spiro atoms. The van der Waals surface area contributed by atoms with Gasteiger partial charge >= 0.3 is 0 Å². The van der Waals surface area contributed by atoms with Gasteiger partial charge in [0.1, 0.15) is 5.69 Å². The molecule has 0 unspecified atom stereocenters. The monoisotopic (exact) mass is 300 g/mol. The summed E-state index contributed by atoms with van der Waals surface area (Å²) < 4.78 is 0.817. The maximum atomic E-state index is 10.4. The van der Waals surface area contributed by atoms with Crippen LogP contribution in [0.1, 0.15) is 32.1 Å². The van der Waals surface area contributed by atoms with E-state index in [4.69, 9.17) is 0 Å². The summed E-state index contributed by atoms with van der Waals surface area (Å²) in [5.74, 6) is 0. The van der Waals surface area contributed by atoms with Crippen LogP contribution >= 0.6 is 15.9 Å². The quantitative estimate of drug-likeness (QED) is 0.652. The minimum absolute atomic E-state index is 0.0840. The normalized spacial score (nSPS) is 13.8. The predicted molar refractivity (Wildman–Crippen MR) is 73.4 cm³/mol. The van der Waals surface area contributed by atoms with E-state index in [2.05, 4.69) is 21.2 Å². The van der Waals surface area contributed by atoms with E-state index in [-0.39, 0.29) is 5.69 Å². The lowest BCUT2D eigenvalue weighted by Crippen LogP contribution is -1.95. The summed E-state index contributed by atoms with van der Waals surface area (Å²) in [5.41, 5.74) is 0.593. The molecule has 0 aromatic heterocycles. The summed E-state index contributed by atoms with van der Waals surface area (Å²) in [6.07, 6.45) is 7.50. The van der Waals surface area contributed by atoms with E-state index in [0.29, 0.717) is 5.69 Å². The summed E-state index contributed by atoms with van der Waals surface area (Å²) >= 11 is 3.22. The summed E-state index contributed by atoms with van der Waals surface area (Å²) in [6, 6.07) is 4.76. The van der Waals surface area contributed by atoms with Crippen LogP contribution in [0.5, 0.6) is 0 Å². The Labute approximate surface area is 110 Å². The number of nitrogens with zero attached hydrogens (tertiary/aromatic N) is 1. The molecule has 0 amide bonds. The molecule has 1 aromatic rings. The molecule has 1 N–H and O–H groups in total. The number of nitro benzene ring substituents is 1. The molecule has 1 fully saturated rings. The molecule has 17 heavy (non-hydrogen) atoms. The van der Waals surface area contributed by atoms with Gasteiger partial charge < -0.3 is 5.32 Å². The van der Waals surface area contributed by atoms with Gasteiger partial charge in [-0.05, 0) is 12.1 Å². The number of rotatable bonds is 2. The Morgan fingerprint density at radius 2 is 1.76 bits per heavy atom. The zero-order valence-electron chi connectivity index (χ0n) is 9.91. The van der Waals surface area contributed by atoms with E-state index in [1.165, 1.54) is 38.2 Å². The SMILES string of the molecule is C1CCCC1.CNc1cc(Br)ccc1[N+](=O)[O-]. The molecule has 4 nitrogen and oxygen atoms in total. The van der Waals surface area contributed by atoms with Crippen molar-refractivity contribution in [1.29, 1.82) is 0 Å². The van der Waals surface area contributed by atoms with Crippen molar-refractivity contribution < 1.29 is 4.92 Å². The van der Waals surface area contributed by atoms with Gasteiger partial charge in [0.15, 0.2) is 0 Å². The molecule has 5 heteroatoms. The highest BCUT2D eigenvalue weighted by Gasteiger charge is 2.11. The molecule has 0 saturated heterocycles. The summed E-state index contributed by atoms with van der Waals surface area (Å²) in [5, 5.41) is 13.2. The van der Waals surface area contributed by atoms with Crippen LogP contribution < -0.4 is 5.32 Å². The van der Waals surface area contributed by atoms with Crippen LogP contribution in [0.15, 0.2) is 22.7 Å².